The molecule has 2 amide bonds. The summed E-state index contributed by atoms with van der Waals surface area (Å²) in [6, 6.07) is 10.7. The zero-order valence-electron chi connectivity index (χ0n) is 14.5. The number of pyridine rings is 1. The molecule has 1 aliphatic carbocycles. The van der Waals surface area contributed by atoms with Crippen molar-refractivity contribution in [1.82, 2.24) is 10.3 Å². The van der Waals surface area contributed by atoms with Crippen LogP contribution in [-0.4, -0.2) is 16.1 Å². The van der Waals surface area contributed by atoms with Crippen LogP contribution in [0.4, 0.5) is 10.6 Å². The molecule has 7 heteroatoms. The van der Waals surface area contributed by atoms with E-state index in [0.717, 1.165) is 29.9 Å². The summed E-state index contributed by atoms with van der Waals surface area (Å²) in [6.45, 7) is 0.338. The van der Waals surface area contributed by atoms with Gasteiger partial charge in [-0.15, -0.1) is 0 Å². The van der Waals surface area contributed by atoms with Gasteiger partial charge in [0.1, 0.15) is 17.3 Å². The Hall–Kier alpha value is -3.06. The first-order valence-corrected chi connectivity index (χ1v) is 8.93. The van der Waals surface area contributed by atoms with Gasteiger partial charge >= 0.3 is 0 Å². The van der Waals surface area contributed by atoms with E-state index < -0.39 is 5.24 Å². The van der Waals surface area contributed by atoms with E-state index in [4.69, 9.17) is 4.74 Å². The Morgan fingerprint density at radius 2 is 1.96 bits per heavy atom. The molecule has 3 rings (SSSR count). The van der Waals surface area contributed by atoms with Crippen LogP contribution in [0.3, 0.4) is 0 Å². The van der Waals surface area contributed by atoms with Gasteiger partial charge in [0.15, 0.2) is 0 Å². The number of allylic oxidation sites excluding steroid dienone is 3. The molecule has 6 nitrogen and oxygen atoms in total. The van der Waals surface area contributed by atoms with Crippen LogP contribution in [0.2, 0.25) is 0 Å². The molecule has 1 aromatic carbocycles. The van der Waals surface area contributed by atoms with Crippen molar-refractivity contribution >= 4 is 29.6 Å². The van der Waals surface area contributed by atoms with Crippen LogP contribution in [0, 0.1) is 0 Å². The Kier molecular flexibility index (Phi) is 6.27. The lowest BCUT2D eigenvalue weighted by atomic mass is 10.1. The van der Waals surface area contributed by atoms with Gasteiger partial charge < -0.3 is 15.4 Å². The summed E-state index contributed by atoms with van der Waals surface area (Å²) < 4.78 is 5.79. The summed E-state index contributed by atoms with van der Waals surface area (Å²) in [5.74, 6) is 1.43. The minimum atomic E-state index is -0.582. The monoisotopic (exact) mass is 381 g/mol. The fourth-order valence-electron chi connectivity index (χ4n) is 2.54. The zero-order valence-corrected chi connectivity index (χ0v) is 15.4. The molecule has 2 N–H and O–H groups in total. The van der Waals surface area contributed by atoms with E-state index in [2.05, 4.69) is 40.4 Å². The van der Waals surface area contributed by atoms with E-state index in [9.17, 15) is 9.59 Å². The number of benzene rings is 1. The quantitative estimate of drug-likeness (QED) is 0.659. The van der Waals surface area contributed by atoms with Crippen LogP contribution >= 0.6 is 12.6 Å². The van der Waals surface area contributed by atoms with Crippen molar-refractivity contribution in [3.63, 3.8) is 0 Å². The summed E-state index contributed by atoms with van der Waals surface area (Å²) in [4.78, 5) is 27.5. The maximum atomic E-state index is 12.4. The molecule has 2 aromatic rings. The second-order valence-corrected chi connectivity index (χ2v) is 6.25. The lowest BCUT2D eigenvalue weighted by Gasteiger charge is -2.11. The third-order valence-electron chi connectivity index (χ3n) is 3.85. The van der Waals surface area contributed by atoms with Crippen molar-refractivity contribution in [2.24, 2.45) is 0 Å². The minimum absolute atomic E-state index is 0.174. The van der Waals surface area contributed by atoms with Gasteiger partial charge in [-0.05, 0) is 54.8 Å². The topological polar surface area (TPSA) is 80.3 Å². The normalized spacial score (nSPS) is 12.9. The number of amides is 2. The van der Waals surface area contributed by atoms with E-state index in [1.165, 1.54) is 6.20 Å². The summed E-state index contributed by atoms with van der Waals surface area (Å²) in [7, 11) is 0. The molecule has 1 heterocycles. The number of thiol groups is 1. The number of nitrogens with zero attached hydrogens (tertiary/aromatic N) is 1. The molecular weight excluding hydrogens is 362 g/mol. The molecule has 0 fully saturated rings. The van der Waals surface area contributed by atoms with Gasteiger partial charge in [0.25, 0.3) is 11.1 Å². The highest BCUT2D eigenvalue weighted by molar-refractivity contribution is 7.96. The van der Waals surface area contributed by atoms with Crippen LogP contribution in [0.5, 0.6) is 5.75 Å². The Morgan fingerprint density at radius 3 is 2.67 bits per heavy atom. The average Bonchev–Trinajstić information content (AvgIpc) is 2.68. The summed E-state index contributed by atoms with van der Waals surface area (Å²) in [6.07, 6.45) is 9.63. The fourth-order valence-corrected chi connectivity index (χ4v) is 2.65. The van der Waals surface area contributed by atoms with Crippen molar-refractivity contribution in [3.8, 4) is 5.75 Å². The smallest absolute Gasteiger partial charge is 0.281 e. The summed E-state index contributed by atoms with van der Waals surface area (Å²) in [5.41, 5.74) is 1.20. The van der Waals surface area contributed by atoms with Gasteiger partial charge in [0.05, 0.1) is 5.56 Å². The Bertz CT molecular complexity index is 892. The summed E-state index contributed by atoms with van der Waals surface area (Å²) in [5, 5.41) is 4.65. The van der Waals surface area contributed by atoms with E-state index in [-0.39, 0.29) is 17.3 Å². The van der Waals surface area contributed by atoms with Gasteiger partial charge in [-0.3, -0.25) is 9.59 Å². The highest BCUT2D eigenvalue weighted by Crippen LogP contribution is 2.19. The van der Waals surface area contributed by atoms with Gasteiger partial charge in [-0.2, -0.15) is 0 Å². The van der Waals surface area contributed by atoms with Crippen molar-refractivity contribution < 1.29 is 14.3 Å². The molecule has 0 atom stereocenters. The molecule has 1 aromatic heterocycles. The molecule has 0 spiro atoms. The van der Waals surface area contributed by atoms with Gasteiger partial charge in [0.2, 0.25) is 0 Å². The number of carbonyl (C=O) groups is 2. The zero-order chi connectivity index (χ0) is 19.1. The minimum Gasteiger partial charge on any atom is -0.458 e. The molecule has 0 saturated carbocycles. The highest BCUT2D eigenvalue weighted by Gasteiger charge is 2.13. The molecule has 0 saturated heterocycles. The first-order valence-electron chi connectivity index (χ1n) is 8.48. The molecule has 0 radical (unpaired) electrons. The number of carbonyl (C=O) groups excluding carboxylic acids is 2. The van der Waals surface area contributed by atoms with E-state index in [0.29, 0.717) is 6.54 Å². The van der Waals surface area contributed by atoms with Crippen LogP contribution in [-0.2, 0) is 6.54 Å². The molecule has 138 valence electrons. The molecule has 0 bridgehead atoms. The third kappa shape index (κ3) is 5.46. The Labute approximate surface area is 162 Å². The Balaban J connectivity index is 1.58. The van der Waals surface area contributed by atoms with Gasteiger partial charge in [-0.25, -0.2) is 4.98 Å². The van der Waals surface area contributed by atoms with E-state index in [1.54, 1.807) is 12.1 Å². The lowest BCUT2D eigenvalue weighted by Crippen LogP contribution is -2.24. The number of anilines is 1. The van der Waals surface area contributed by atoms with Crippen LogP contribution in [0.1, 0.15) is 28.8 Å². The van der Waals surface area contributed by atoms with Crippen LogP contribution in [0.15, 0.2) is 66.6 Å². The standard InChI is InChI=1S/C20H19N3O3S/c24-19(17-7-4-12-21-18(17)23-20(25)27)22-13-14-8-10-16(11-9-14)26-15-5-2-1-3-6-15/h2,4-12H,1,3,13H2,(H,22,24)(H2,21,23,25,27). The third-order valence-corrected chi connectivity index (χ3v) is 3.96. The van der Waals surface area contributed by atoms with Crippen molar-refractivity contribution in [1.29, 1.82) is 0 Å². The average molecular weight is 381 g/mol. The molecule has 27 heavy (non-hydrogen) atoms. The van der Waals surface area contributed by atoms with Gasteiger partial charge in [0, 0.05) is 12.7 Å². The first kappa shape index (κ1) is 18.7. The predicted octanol–water partition coefficient (Wildman–Crippen LogP) is 4.09. The predicted molar refractivity (Wildman–Crippen MR) is 107 cm³/mol. The number of rotatable bonds is 6. The van der Waals surface area contributed by atoms with E-state index in [1.807, 2.05) is 30.3 Å². The second-order valence-electron chi connectivity index (χ2n) is 5.84. The number of hydrogen-bond acceptors (Lipinski definition) is 4. The van der Waals surface area contributed by atoms with Crippen molar-refractivity contribution in [3.05, 3.63) is 77.7 Å². The SMILES string of the molecule is O=C(S)Nc1ncccc1C(=O)NCc1ccc(OC2=CCCC=C2)cc1. The first-order chi connectivity index (χ1) is 13.1. The van der Waals surface area contributed by atoms with Crippen LogP contribution in [0.25, 0.3) is 0 Å². The molecule has 0 unspecified atom stereocenters. The van der Waals surface area contributed by atoms with Crippen molar-refractivity contribution in [2.75, 3.05) is 5.32 Å². The Morgan fingerprint density at radius 1 is 1.15 bits per heavy atom. The van der Waals surface area contributed by atoms with Gasteiger partial charge in [-0.1, -0.05) is 30.8 Å². The second kappa shape index (κ2) is 9.05. The molecule has 0 aliphatic heterocycles. The lowest BCUT2D eigenvalue weighted by molar-refractivity contribution is 0.0951. The highest BCUT2D eigenvalue weighted by atomic mass is 32.1. The van der Waals surface area contributed by atoms with Crippen molar-refractivity contribution in [2.45, 2.75) is 19.4 Å². The number of nitrogens with one attached hydrogen (secondary N) is 2. The number of hydrogen-bond donors (Lipinski definition) is 3. The van der Waals surface area contributed by atoms with E-state index >= 15 is 0 Å². The fraction of sp³-hybridized carbons (Fsp3) is 0.150. The van der Waals surface area contributed by atoms with Crippen LogP contribution < -0.4 is 15.4 Å². The maximum Gasteiger partial charge on any atom is 0.281 e. The number of ether oxygens (including phenoxy) is 1. The summed E-state index contributed by atoms with van der Waals surface area (Å²) >= 11 is 3.65. The molecule has 1 aliphatic rings. The largest absolute Gasteiger partial charge is 0.458 e. The maximum absolute atomic E-state index is 12.4. The number of aromatic nitrogens is 1. The molecular formula is C20H19N3O3S.